The lowest BCUT2D eigenvalue weighted by molar-refractivity contribution is 0.102. The van der Waals surface area contributed by atoms with E-state index in [2.05, 4.69) is 10.3 Å². The van der Waals surface area contributed by atoms with Crippen LogP contribution in [-0.4, -0.2) is 10.9 Å². The highest BCUT2D eigenvalue weighted by atomic mass is 16.1. The van der Waals surface area contributed by atoms with Crippen molar-refractivity contribution in [1.82, 2.24) is 4.98 Å². The topological polar surface area (TPSA) is 68.0 Å². The molecule has 0 radical (unpaired) electrons. The number of nitrogens with two attached hydrogens (primary N) is 1. The summed E-state index contributed by atoms with van der Waals surface area (Å²) >= 11 is 0. The van der Waals surface area contributed by atoms with Crippen LogP contribution in [0.5, 0.6) is 0 Å². The van der Waals surface area contributed by atoms with Gasteiger partial charge in [-0.05, 0) is 44.0 Å². The SMILES string of the molecule is Cc1cc(C)c(C(=O)Nc2ccc(N)nc2)c(C)c1. The summed E-state index contributed by atoms with van der Waals surface area (Å²) in [6.45, 7) is 5.90. The molecular formula is C15H17N3O. The number of aromatic nitrogens is 1. The van der Waals surface area contributed by atoms with Gasteiger partial charge in [0.2, 0.25) is 0 Å². The van der Waals surface area contributed by atoms with Gasteiger partial charge in [-0.1, -0.05) is 17.7 Å². The monoisotopic (exact) mass is 255 g/mol. The molecule has 1 aromatic heterocycles. The molecule has 1 aromatic carbocycles. The number of benzene rings is 1. The second kappa shape index (κ2) is 5.10. The molecule has 19 heavy (non-hydrogen) atoms. The van der Waals surface area contributed by atoms with Crippen LogP contribution >= 0.6 is 0 Å². The molecule has 2 rings (SSSR count). The molecule has 1 amide bonds. The Morgan fingerprint density at radius 3 is 2.32 bits per heavy atom. The fourth-order valence-corrected chi connectivity index (χ4v) is 2.21. The second-order valence-corrected chi connectivity index (χ2v) is 4.70. The van der Waals surface area contributed by atoms with E-state index in [0.29, 0.717) is 17.1 Å². The number of amides is 1. The van der Waals surface area contributed by atoms with Crippen LogP contribution in [0.15, 0.2) is 30.5 Å². The maximum absolute atomic E-state index is 12.3. The molecule has 0 aliphatic rings. The van der Waals surface area contributed by atoms with Crippen molar-refractivity contribution in [2.75, 3.05) is 11.1 Å². The average molecular weight is 255 g/mol. The van der Waals surface area contributed by atoms with E-state index in [0.717, 1.165) is 16.7 Å². The zero-order valence-corrected chi connectivity index (χ0v) is 11.3. The summed E-state index contributed by atoms with van der Waals surface area (Å²) in [5, 5.41) is 2.83. The Morgan fingerprint density at radius 2 is 1.79 bits per heavy atom. The first kappa shape index (κ1) is 13.1. The summed E-state index contributed by atoms with van der Waals surface area (Å²) in [5.74, 6) is 0.308. The number of nitrogen functional groups attached to an aromatic ring is 1. The summed E-state index contributed by atoms with van der Waals surface area (Å²) < 4.78 is 0. The van der Waals surface area contributed by atoms with Crippen LogP contribution in [0, 0.1) is 20.8 Å². The van der Waals surface area contributed by atoms with Gasteiger partial charge in [-0.3, -0.25) is 4.79 Å². The minimum atomic E-state index is -0.124. The van der Waals surface area contributed by atoms with Crippen molar-refractivity contribution in [2.45, 2.75) is 20.8 Å². The first-order valence-corrected chi connectivity index (χ1v) is 6.08. The van der Waals surface area contributed by atoms with Gasteiger partial charge in [-0.2, -0.15) is 0 Å². The van der Waals surface area contributed by atoms with Crippen molar-refractivity contribution >= 4 is 17.4 Å². The number of aryl methyl sites for hydroxylation is 3. The molecule has 0 spiro atoms. The number of hydrogen-bond donors (Lipinski definition) is 2. The molecular weight excluding hydrogens is 238 g/mol. The van der Waals surface area contributed by atoms with Gasteiger partial charge in [-0.15, -0.1) is 0 Å². The lowest BCUT2D eigenvalue weighted by Crippen LogP contribution is -2.15. The normalized spacial score (nSPS) is 10.3. The Morgan fingerprint density at radius 1 is 1.16 bits per heavy atom. The first-order valence-electron chi connectivity index (χ1n) is 6.08. The van der Waals surface area contributed by atoms with Crippen LogP contribution in [0.4, 0.5) is 11.5 Å². The summed E-state index contributed by atoms with van der Waals surface area (Å²) in [4.78, 5) is 16.2. The van der Waals surface area contributed by atoms with Gasteiger partial charge in [0, 0.05) is 5.56 Å². The first-order chi connectivity index (χ1) is 8.97. The number of rotatable bonds is 2. The van der Waals surface area contributed by atoms with E-state index >= 15 is 0 Å². The third-order valence-corrected chi connectivity index (χ3v) is 2.95. The molecule has 4 nitrogen and oxygen atoms in total. The third-order valence-electron chi connectivity index (χ3n) is 2.95. The van der Waals surface area contributed by atoms with Crippen LogP contribution in [0.3, 0.4) is 0 Å². The fraction of sp³-hybridized carbons (Fsp3) is 0.200. The quantitative estimate of drug-likeness (QED) is 0.867. The fourth-order valence-electron chi connectivity index (χ4n) is 2.21. The highest BCUT2D eigenvalue weighted by Gasteiger charge is 2.13. The zero-order valence-electron chi connectivity index (χ0n) is 11.3. The molecule has 1 heterocycles. The van der Waals surface area contributed by atoms with Gasteiger partial charge in [0.25, 0.3) is 5.91 Å². The molecule has 98 valence electrons. The Balaban J connectivity index is 2.28. The molecule has 0 aliphatic carbocycles. The minimum absolute atomic E-state index is 0.124. The van der Waals surface area contributed by atoms with E-state index in [9.17, 15) is 4.79 Å². The van der Waals surface area contributed by atoms with Crippen molar-refractivity contribution in [2.24, 2.45) is 0 Å². The van der Waals surface area contributed by atoms with E-state index in [1.807, 2.05) is 32.9 Å². The van der Waals surface area contributed by atoms with Gasteiger partial charge in [0.15, 0.2) is 0 Å². The van der Waals surface area contributed by atoms with Crippen molar-refractivity contribution in [3.8, 4) is 0 Å². The van der Waals surface area contributed by atoms with Crippen LogP contribution in [0.25, 0.3) is 0 Å². The maximum Gasteiger partial charge on any atom is 0.256 e. The number of carbonyl (C=O) groups is 1. The predicted molar refractivity (Wildman–Crippen MR) is 77.3 cm³/mol. The summed E-state index contributed by atoms with van der Waals surface area (Å²) in [7, 11) is 0. The highest BCUT2D eigenvalue weighted by Crippen LogP contribution is 2.18. The Bertz CT molecular complexity index is 595. The molecule has 0 bridgehead atoms. The van der Waals surface area contributed by atoms with E-state index in [1.165, 1.54) is 0 Å². The molecule has 0 atom stereocenters. The van der Waals surface area contributed by atoms with E-state index in [4.69, 9.17) is 5.73 Å². The molecule has 0 saturated carbocycles. The van der Waals surface area contributed by atoms with Gasteiger partial charge in [0.1, 0.15) is 5.82 Å². The maximum atomic E-state index is 12.3. The Kier molecular flexibility index (Phi) is 3.51. The van der Waals surface area contributed by atoms with E-state index < -0.39 is 0 Å². The van der Waals surface area contributed by atoms with Crippen molar-refractivity contribution in [1.29, 1.82) is 0 Å². The molecule has 0 saturated heterocycles. The summed E-state index contributed by atoms with van der Waals surface area (Å²) in [5.41, 5.74) is 9.95. The largest absolute Gasteiger partial charge is 0.384 e. The summed E-state index contributed by atoms with van der Waals surface area (Å²) in [6.07, 6.45) is 1.55. The van der Waals surface area contributed by atoms with Crippen LogP contribution in [0.1, 0.15) is 27.0 Å². The number of carbonyl (C=O) groups excluding carboxylic acids is 1. The second-order valence-electron chi connectivity index (χ2n) is 4.70. The van der Waals surface area contributed by atoms with Gasteiger partial charge < -0.3 is 11.1 Å². The van der Waals surface area contributed by atoms with E-state index in [1.54, 1.807) is 18.3 Å². The number of anilines is 2. The zero-order chi connectivity index (χ0) is 14.0. The van der Waals surface area contributed by atoms with Crippen molar-refractivity contribution in [3.63, 3.8) is 0 Å². The molecule has 0 fully saturated rings. The Hall–Kier alpha value is -2.36. The molecule has 4 heteroatoms. The van der Waals surface area contributed by atoms with Crippen molar-refractivity contribution < 1.29 is 4.79 Å². The van der Waals surface area contributed by atoms with Gasteiger partial charge >= 0.3 is 0 Å². The number of nitrogens with one attached hydrogen (secondary N) is 1. The smallest absolute Gasteiger partial charge is 0.256 e. The summed E-state index contributed by atoms with van der Waals surface area (Å²) in [6, 6.07) is 7.40. The molecule has 0 aliphatic heterocycles. The molecule has 2 aromatic rings. The number of nitrogens with zero attached hydrogens (tertiary/aromatic N) is 1. The molecule has 0 unspecified atom stereocenters. The van der Waals surface area contributed by atoms with Gasteiger partial charge in [-0.25, -0.2) is 4.98 Å². The average Bonchev–Trinajstić information content (AvgIpc) is 2.30. The lowest BCUT2D eigenvalue weighted by atomic mass is 9.99. The third kappa shape index (κ3) is 2.91. The Labute approximate surface area is 112 Å². The standard InChI is InChI=1S/C15H17N3O/c1-9-6-10(2)14(11(3)7-9)15(19)18-12-4-5-13(16)17-8-12/h4-8H,1-3H3,(H2,16,17)(H,18,19). The highest BCUT2D eigenvalue weighted by molar-refractivity contribution is 6.06. The lowest BCUT2D eigenvalue weighted by Gasteiger charge is -2.11. The molecule has 3 N–H and O–H groups in total. The minimum Gasteiger partial charge on any atom is -0.384 e. The van der Waals surface area contributed by atoms with Gasteiger partial charge in [0.05, 0.1) is 11.9 Å². The van der Waals surface area contributed by atoms with Crippen LogP contribution in [-0.2, 0) is 0 Å². The number of hydrogen-bond acceptors (Lipinski definition) is 3. The number of pyridine rings is 1. The van der Waals surface area contributed by atoms with E-state index in [-0.39, 0.29) is 5.91 Å². The van der Waals surface area contributed by atoms with Crippen LogP contribution < -0.4 is 11.1 Å². The predicted octanol–water partition coefficient (Wildman–Crippen LogP) is 2.84. The van der Waals surface area contributed by atoms with Crippen molar-refractivity contribution in [3.05, 3.63) is 52.7 Å². The van der Waals surface area contributed by atoms with Crippen LogP contribution in [0.2, 0.25) is 0 Å².